The van der Waals surface area contributed by atoms with Gasteiger partial charge in [0.1, 0.15) is 0 Å². The van der Waals surface area contributed by atoms with Crippen LogP contribution in [0.1, 0.15) is 18.4 Å². The van der Waals surface area contributed by atoms with Crippen LogP contribution in [0.5, 0.6) is 0 Å². The highest BCUT2D eigenvalue weighted by atomic mass is 16.6. The van der Waals surface area contributed by atoms with Gasteiger partial charge in [-0.15, -0.1) is 0 Å². The van der Waals surface area contributed by atoms with Gasteiger partial charge in [0.2, 0.25) is 5.91 Å². The summed E-state index contributed by atoms with van der Waals surface area (Å²) in [6, 6.07) is 6.50. The molecule has 1 aromatic carbocycles. The number of nitro benzene ring substituents is 1. The van der Waals surface area contributed by atoms with Gasteiger partial charge in [-0.25, -0.2) is 0 Å². The zero-order valence-electron chi connectivity index (χ0n) is 10.6. The molecule has 1 amide bonds. The second kappa shape index (κ2) is 6.29. The second-order valence-corrected chi connectivity index (χ2v) is 4.58. The van der Waals surface area contributed by atoms with E-state index in [1.807, 2.05) is 0 Å². The molecular formula is C13H17N3O3. The molecule has 1 aliphatic rings. The quantitative estimate of drug-likeness (QED) is 0.613. The van der Waals surface area contributed by atoms with Crippen LogP contribution >= 0.6 is 0 Å². The van der Waals surface area contributed by atoms with E-state index in [-0.39, 0.29) is 17.6 Å². The van der Waals surface area contributed by atoms with E-state index >= 15 is 0 Å². The predicted octanol–water partition coefficient (Wildman–Crippen LogP) is 1.01. The van der Waals surface area contributed by atoms with E-state index < -0.39 is 4.92 Å². The van der Waals surface area contributed by atoms with Gasteiger partial charge < -0.3 is 10.6 Å². The SMILES string of the molecule is O=C(NCCc1ccccc1[N+](=O)[O-])C1CCCN1. The number of nitro groups is 1. The predicted molar refractivity (Wildman–Crippen MR) is 70.8 cm³/mol. The van der Waals surface area contributed by atoms with Crippen molar-refractivity contribution in [2.24, 2.45) is 0 Å². The number of para-hydroxylation sites is 1. The summed E-state index contributed by atoms with van der Waals surface area (Å²) in [4.78, 5) is 22.2. The first-order valence-electron chi connectivity index (χ1n) is 6.42. The van der Waals surface area contributed by atoms with Crippen molar-refractivity contribution in [3.05, 3.63) is 39.9 Å². The summed E-state index contributed by atoms with van der Waals surface area (Å²) in [7, 11) is 0. The molecule has 1 unspecified atom stereocenters. The fourth-order valence-electron chi connectivity index (χ4n) is 2.25. The minimum absolute atomic E-state index is 0.0175. The smallest absolute Gasteiger partial charge is 0.272 e. The van der Waals surface area contributed by atoms with Gasteiger partial charge in [-0.2, -0.15) is 0 Å². The van der Waals surface area contributed by atoms with Gasteiger partial charge in [0, 0.05) is 18.2 Å². The first kappa shape index (κ1) is 13.5. The Labute approximate surface area is 111 Å². The Hall–Kier alpha value is -1.95. The molecule has 1 fully saturated rings. The lowest BCUT2D eigenvalue weighted by molar-refractivity contribution is -0.385. The number of benzene rings is 1. The molecule has 0 radical (unpaired) electrons. The van der Waals surface area contributed by atoms with E-state index in [2.05, 4.69) is 10.6 Å². The van der Waals surface area contributed by atoms with Gasteiger partial charge >= 0.3 is 0 Å². The zero-order valence-corrected chi connectivity index (χ0v) is 10.6. The summed E-state index contributed by atoms with van der Waals surface area (Å²) < 4.78 is 0. The molecule has 0 aliphatic carbocycles. The lowest BCUT2D eigenvalue weighted by Gasteiger charge is -2.10. The Morgan fingerprint density at radius 2 is 2.26 bits per heavy atom. The van der Waals surface area contributed by atoms with E-state index in [0.29, 0.717) is 18.5 Å². The molecule has 0 bridgehead atoms. The number of carbonyl (C=O) groups is 1. The highest BCUT2D eigenvalue weighted by Crippen LogP contribution is 2.17. The summed E-state index contributed by atoms with van der Waals surface area (Å²) in [5, 5.41) is 16.8. The Bertz CT molecular complexity index is 470. The molecule has 2 rings (SSSR count). The molecule has 0 spiro atoms. The summed E-state index contributed by atoms with van der Waals surface area (Å²) in [6.45, 7) is 1.30. The van der Waals surface area contributed by atoms with E-state index in [4.69, 9.17) is 0 Å². The summed E-state index contributed by atoms with van der Waals surface area (Å²) >= 11 is 0. The highest BCUT2D eigenvalue weighted by Gasteiger charge is 2.21. The van der Waals surface area contributed by atoms with Crippen LogP contribution in [-0.2, 0) is 11.2 Å². The van der Waals surface area contributed by atoms with Crippen molar-refractivity contribution in [1.82, 2.24) is 10.6 Å². The zero-order chi connectivity index (χ0) is 13.7. The lowest BCUT2D eigenvalue weighted by atomic mass is 10.1. The monoisotopic (exact) mass is 263 g/mol. The first-order chi connectivity index (χ1) is 9.18. The number of carbonyl (C=O) groups excluding carboxylic acids is 1. The minimum Gasteiger partial charge on any atom is -0.354 e. The Balaban J connectivity index is 1.85. The van der Waals surface area contributed by atoms with Crippen molar-refractivity contribution in [1.29, 1.82) is 0 Å². The van der Waals surface area contributed by atoms with Crippen LogP contribution in [0.4, 0.5) is 5.69 Å². The maximum Gasteiger partial charge on any atom is 0.272 e. The lowest BCUT2D eigenvalue weighted by Crippen LogP contribution is -2.41. The van der Waals surface area contributed by atoms with E-state index in [1.54, 1.807) is 18.2 Å². The van der Waals surface area contributed by atoms with Crippen LogP contribution in [0, 0.1) is 10.1 Å². The Morgan fingerprint density at radius 3 is 2.95 bits per heavy atom. The largest absolute Gasteiger partial charge is 0.354 e. The van der Waals surface area contributed by atoms with Gasteiger partial charge in [0.25, 0.3) is 5.69 Å². The normalized spacial score (nSPS) is 18.2. The van der Waals surface area contributed by atoms with Crippen molar-refractivity contribution < 1.29 is 9.72 Å². The molecule has 1 atom stereocenters. The number of rotatable bonds is 5. The van der Waals surface area contributed by atoms with Gasteiger partial charge in [-0.1, -0.05) is 18.2 Å². The topological polar surface area (TPSA) is 84.3 Å². The van der Waals surface area contributed by atoms with Crippen LogP contribution in [0.15, 0.2) is 24.3 Å². The number of nitrogens with zero attached hydrogens (tertiary/aromatic N) is 1. The third-order valence-electron chi connectivity index (χ3n) is 3.26. The molecule has 1 heterocycles. The molecule has 2 N–H and O–H groups in total. The van der Waals surface area contributed by atoms with Crippen LogP contribution in [0.2, 0.25) is 0 Å². The molecule has 6 heteroatoms. The van der Waals surface area contributed by atoms with Crippen LogP contribution in [-0.4, -0.2) is 30.0 Å². The molecule has 1 saturated heterocycles. The van der Waals surface area contributed by atoms with Gasteiger partial charge in [0.15, 0.2) is 0 Å². The average molecular weight is 263 g/mol. The fourth-order valence-corrected chi connectivity index (χ4v) is 2.25. The summed E-state index contributed by atoms with van der Waals surface area (Å²) in [5.74, 6) is -0.0175. The van der Waals surface area contributed by atoms with Crippen molar-refractivity contribution in [3.63, 3.8) is 0 Å². The molecule has 19 heavy (non-hydrogen) atoms. The molecule has 1 aliphatic heterocycles. The van der Waals surface area contributed by atoms with Gasteiger partial charge in [-0.3, -0.25) is 14.9 Å². The molecule has 0 aromatic heterocycles. The van der Waals surface area contributed by atoms with Crippen molar-refractivity contribution in [3.8, 4) is 0 Å². The fraction of sp³-hybridized carbons (Fsp3) is 0.462. The number of hydrogen-bond donors (Lipinski definition) is 2. The van der Waals surface area contributed by atoms with Gasteiger partial charge in [-0.05, 0) is 25.8 Å². The van der Waals surface area contributed by atoms with Crippen molar-refractivity contribution >= 4 is 11.6 Å². The molecule has 0 saturated carbocycles. The number of nitrogens with one attached hydrogen (secondary N) is 2. The third kappa shape index (κ3) is 3.51. The Kier molecular flexibility index (Phi) is 4.46. The number of hydrogen-bond acceptors (Lipinski definition) is 4. The summed E-state index contributed by atoms with van der Waals surface area (Å²) in [6.07, 6.45) is 2.34. The standard InChI is InChI=1S/C13H17N3O3/c17-13(11-5-3-8-14-11)15-9-7-10-4-1-2-6-12(10)16(18)19/h1-2,4,6,11,14H,3,5,7-9H2,(H,15,17). The van der Waals surface area contributed by atoms with Crippen LogP contribution in [0.3, 0.4) is 0 Å². The van der Waals surface area contributed by atoms with Gasteiger partial charge in [0.05, 0.1) is 11.0 Å². The molecule has 6 nitrogen and oxygen atoms in total. The van der Waals surface area contributed by atoms with E-state index in [1.165, 1.54) is 6.07 Å². The Morgan fingerprint density at radius 1 is 1.47 bits per heavy atom. The van der Waals surface area contributed by atoms with Crippen LogP contribution in [0.25, 0.3) is 0 Å². The molecule has 1 aromatic rings. The van der Waals surface area contributed by atoms with Crippen LogP contribution < -0.4 is 10.6 Å². The van der Waals surface area contributed by atoms with E-state index in [0.717, 1.165) is 19.4 Å². The van der Waals surface area contributed by atoms with Crippen molar-refractivity contribution in [2.45, 2.75) is 25.3 Å². The summed E-state index contributed by atoms with van der Waals surface area (Å²) in [5.41, 5.74) is 0.753. The third-order valence-corrected chi connectivity index (χ3v) is 3.26. The molecule has 102 valence electrons. The average Bonchev–Trinajstić information content (AvgIpc) is 2.93. The molecular weight excluding hydrogens is 246 g/mol. The highest BCUT2D eigenvalue weighted by molar-refractivity contribution is 5.82. The maximum absolute atomic E-state index is 11.7. The second-order valence-electron chi connectivity index (χ2n) is 4.58. The maximum atomic E-state index is 11.7. The first-order valence-corrected chi connectivity index (χ1v) is 6.42. The van der Waals surface area contributed by atoms with E-state index in [9.17, 15) is 14.9 Å². The number of amides is 1. The van der Waals surface area contributed by atoms with Crippen molar-refractivity contribution in [2.75, 3.05) is 13.1 Å². The minimum atomic E-state index is -0.393.